The number of nitrogens with one attached hydrogen (secondary N) is 5. The van der Waals surface area contributed by atoms with Gasteiger partial charge >= 0.3 is 0 Å². The van der Waals surface area contributed by atoms with E-state index in [1.165, 1.54) is 32.3 Å². The lowest BCUT2D eigenvalue weighted by Gasteiger charge is -2.29. The third-order valence-corrected chi connectivity index (χ3v) is 11.7. The summed E-state index contributed by atoms with van der Waals surface area (Å²) in [7, 11) is -0.879. The Bertz CT molecular complexity index is 2300. The highest BCUT2D eigenvalue weighted by molar-refractivity contribution is 7.89. The molecule has 0 bridgehead atoms. The molecule has 0 unspecified atom stereocenters. The molecule has 0 aliphatic heterocycles. The van der Waals surface area contributed by atoms with Crippen molar-refractivity contribution >= 4 is 45.3 Å². The fraction of sp³-hybridized carbons (Fsp3) is 0.286. The maximum Gasteiger partial charge on any atom is 0.288 e. The van der Waals surface area contributed by atoms with E-state index in [2.05, 4.69) is 26.0 Å². The molecule has 15 heteroatoms. The van der Waals surface area contributed by atoms with Gasteiger partial charge in [0, 0.05) is 41.7 Å². The first-order valence-corrected chi connectivity index (χ1v) is 20.5. The van der Waals surface area contributed by atoms with E-state index < -0.39 is 39.8 Å². The number of halogens is 1. The lowest BCUT2D eigenvalue weighted by Crippen LogP contribution is -2.50. The fourth-order valence-corrected chi connectivity index (χ4v) is 7.72. The van der Waals surface area contributed by atoms with Crippen LogP contribution in [0, 0.1) is 5.92 Å². The molecule has 3 aromatic carbocycles. The molecular formula is C42H44ClN5O8S. The standard InChI is InChI=1S/C42H44ClN5O8S/c1-44-41(51)37(29-11-7-4-8-12-29)48-42(52)38-30(24-36(56-38)28-15-19-32(20-16-28)57(53,54)45-2)25-46-39(49)33(23-26-9-5-3-6-10-26)47-40(50)35-22-21-34(55-35)27-13-17-31(43)18-14-27/h3,5-6,9-10,13-22,24,29,33,37,45H,4,7-8,11-12,23,25H2,1-2H3,(H,44,51)(H,46,49)(H,47,50)(H,48,52)/t33-,37-/m0/s1. The van der Waals surface area contributed by atoms with Gasteiger partial charge in [-0.2, -0.15) is 0 Å². The van der Waals surface area contributed by atoms with Crippen molar-refractivity contribution in [2.75, 3.05) is 14.1 Å². The van der Waals surface area contributed by atoms with Gasteiger partial charge in [0.05, 0.1) is 4.90 Å². The molecule has 2 heterocycles. The molecule has 0 saturated heterocycles. The van der Waals surface area contributed by atoms with Crippen LogP contribution >= 0.6 is 11.6 Å². The zero-order valence-electron chi connectivity index (χ0n) is 31.5. The van der Waals surface area contributed by atoms with Crippen molar-refractivity contribution in [2.24, 2.45) is 5.92 Å². The zero-order valence-corrected chi connectivity index (χ0v) is 33.0. The molecule has 1 saturated carbocycles. The summed E-state index contributed by atoms with van der Waals surface area (Å²) in [6.07, 6.45) is 4.65. The number of hydrogen-bond donors (Lipinski definition) is 5. The molecule has 1 fully saturated rings. The first kappa shape index (κ1) is 40.9. The summed E-state index contributed by atoms with van der Waals surface area (Å²) < 4.78 is 38.9. The predicted molar refractivity (Wildman–Crippen MR) is 215 cm³/mol. The van der Waals surface area contributed by atoms with Crippen molar-refractivity contribution < 1.29 is 36.4 Å². The molecular weight excluding hydrogens is 770 g/mol. The summed E-state index contributed by atoms with van der Waals surface area (Å²) in [5.74, 6) is -1.64. The molecule has 0 spiro atoms. The first-order chi connectivity index (χ1) is 27.4. The Morgan fingerprint density at radius 1 is 0.754 bits per heavy atom. The van der Waals surface area contributed by atoms with Gasteiger partial charge in [-0.05, 0) is 98.1 Å². The molecule has 298 valence electrons. The van der Waals surface area contributed by atoms with Crippen LogP contribution in [-0.2, 0) is 32.6 Å². The van der Waals surface area contributed by atoms with Crippen LogP contribution in [0.2, 0.25) is 5.02 Å². The zero-order chi connectivity index (χ0) is 40.5. The van der Waals surface area contributed by atoms with Crippen LogP contribution in [0.3, 0.4) is 0 Å². The van der Waals surface area contributed by atoms with Gasteiger partial charge in [0.2, 0.25) is 21.8 Å². The van der Waals surface area contributed by atoms with E-state index in [0.717, 1.165) is 43.2 Å². The Labute approximate surface area is 336 Å². The van der Waals surface area contributed by atoms with E-state index in [9.17, 15) is 27.6 Å². The highest BCUT2D eigenvalue weighted by Crippen LogP contribution is 2.30. The minimum atomic E-state index is -3.71. The van der Waals surface area contributed by atoms with Gasteiger partial charge in [0.15, 0.2) is 11.5 Å². The number of carbonyl (C=O) groups excluding carboxylic acids is 4. The molecule has 1 aliphatic rings. The van der Waals surface area contributed by atoms with E-state index >= 15 is 0 Å². The minimum Gasteiger partial charge on any atom is -0.451 e. The minimum absolute atomic E-state index is 0.00131. The number of likely N-dealkylation sites (N-methyl/N-ethyl adjacent to an activating group) is 1. The molecule has 2 atom stereocenters. The van der Waals surface area contributed by atoms with Crippen LogP contribution in [0.1, 0.15) is 64.3 Å². The number of hydrogen-bond acceptors (Lipinski definition) is 8. The quantitative estimate of drug-likeness (QED) is 0.0871. The second-order valence-electron chi connectivity index (χ2n) is 13.8. The lowest BCUT2D eigenvalue weighted by atomic mass is 9.83. The maximum atomic E-state index is 14.0. The number of carbonyl (C=O) groups is 4. The Hall–Kier alpha value is -5.70. The van der Waals surface area contributed by atoms with Crippen LogP contribution in [0.5, 0.6) is 0 Å². The second kappa shape index (κ2) is 18.5. The van der Waals surface area contributed by atoms with E-state index in [0.29, 0.717) is 21.9 Å². The number of rotatable bonds is 15. The van der Waals surface area contributed by atoms with Crippen molar-refractivity contribution in [3.8, 4) is 22.6 Å². The van der Waals surface area contributed by atoms with E-state index in [-0.39, 0.29) is 47.0 Å². The monoisotopic (exact) mass is 813 g/mol. The summed E-state index contributed by atoms with van der Waals surface area (Å²) in [5.41, 5.74) is 2.27. The van der Waals surface area contributed by atoms with Crippen molar-refractivity contribution in [3.63, 3.8) is 0 Å². The maximum absolute atomic E-state index is 14.0. The summed E-state index contributed by atoms with van der Waals surface area (Å²) in [6, 6.07) is 24.9. The molecule has 5 aromatic rings. The Morgan fingerprint density at radius 2 is 1.42 bits per heavy atom. The summed E-state index contributed by atoms with van der Waals surface area (Å²) in [4.78, 5) is 54.5. The molecule has 5 N–H and O–H groups in total. The van der Waals surface area contributed by atoms with E-state index in [1.54, 1.807) is 48.5 Å². The number of amides is 4. The van der Waals surface area contributed by atoms with Crippen LogP contribution in [0.4, 0.5) is 0 Å². The smallest absolute Gasteiger partial charge is 0.288 e. The van der Waals surface area contributed by atoms with Crippen LogP contribution in [0.25, 0.3) is 22.6 Å². The Balaban J connectivity index is 1.26. The summed E-state index contributed by atoms with van der Waals surface area (Å²) >= 11 is 6.02. The summed E-state index contributed by atoms with van der Waals surface area (Å²) in [6.45, 7) is -0.187. The van der Waals surface area contributed by atoms with Gasteiger partial charge in [0.25, 0.3) is 11.8 Å². The highest BCUT2D eigenvalue weighted by Gasteiger charge is 2.33. The Morgan fingerprint density at radius 3 is 2.09 bits per heavy atom. The molecule has 57 heavy (non-hydrogen) atoms. The third kappa shape index (κ3) is 10.2. The predicted octanol–water partition coefficient (Wildman–Crippen LogP) is 5.85. The van der Waals surface area contributed by atoms with Crippen molar-refractivity contribution in [3.05, 3.63) is 125 Å². The van der Waals surface area contributed by atoms with Crippen molar-refractivity contribution in [1.82, 2.24) is 26.0 Å². The van der Waals surface area contributed by atoms with Crippen LogP contribution < -0.4 is 26.0 Å². The molecule has 13 nitrogen and oxygen atoms in total. The molecule has 6 rings (SSSR count). The largest absolute Gasteiger partial charge is 0.451 e. The van der Waals surface area contributed by atoms with Gasteiger partial charge < -0.3 is 30.1 Å². The SMILES string of the molecule is CNC(=O)[C@@H](NC(=O)c1oc(-c2ccc(S(=O)(=O)NC)cc2)cc1CNC(=O)[C@H](Cc1ccccc1)NC(=O)c1ccc(-c2ccc(Cl)cc2)o1)C1CCCCC1. The number of furan rings is 2. The van der Waals surface area contributed by atoms with Gasteiger partial charge in [-0.1, -0.05) is 61.2 Å². The van der Waals surface area contributed by atoms with E-state index in [1.807, 2.05) is 30.3 Å². The second-order valence-corrected chi connectivity index (χ2v) is 16.1. The van der Waals surface area contributed by atoms with E-state index in [4.69, 9.17) is 20.4 Å². The lowest BCUT2D eigenvalue weighted by molar-refractivity contribution is -0.124. The normalized spacial score (nSPS) is 14.3. The molecule has 2 aromatic heterocycles. The highest BCUT2D eigenvalue weighted by atomic mass is 35.5. The molecule has 1 aliphatic carbocycles. The summed E-state index contributed by atoms with van der Waals surface area (Å²) in [5, 5.41) is 11.7. The Kier molecular flexibility index (Phi) is 13.3. The number of sulfonamides is 1. The average molecular weight is 814 g/mol. The van der Waals surface area contributed by atoms with Crippen molar-refractivity contribution in [2.45, 2.75) is 62.0 Å². The van der Waals surface area contributed by atoms with Gasteiger partial charge in [-0.3, -0.25) is 19.2 Å². The first-order valence-electron chi connectivity index (χ1n) is 18.6. The number of benzene rings is 3. The average Bonchev–Trinajstić information content (AvgIpc) is 3.91. The van der Waals surface area contributed by atoms with Crippen LogP contribution in [0.15, 0.2) is 111 Å². The van der Waals surface area contributed by atoms with Gasteiger partial charge in [-0.25, -0.2) is 13.1 Å². The van der Waals surface area contributed by atoms with Gasteiger partial charge in [-0.15, -0.1) is 0 Å². The fourth-order valence-electron chi connectivity index (χ4n) is 6.86. The topological polar surface area (TPSA) is 189 Å². The van der Waals surface area contributed by atoms with Crippen LogP contribution in [-0.4, -0.2) is 58.2 Å². The van der Waals surface area contributed by atoms with Crippen molar-refractivity contribution in [1.29, 1.82) is 0 Å². The molecule has 4 amide bonds. The molecule has 0 radical (unpaired) electrons. The van der Waals surface area contributed by atoms with Gasteiger partial charge in [0.1, 0.15) is 23.6 Å². The third-order valence-electron chi connectivity index (χ3n) is 9.99.